The number of aliphatic carboxylic acids is 1. The molecule has 7 nitrogen and oxygen atoms in total. The van der Waals surface area contributed by atoms with Gasteiger partial charge in [-0.05, 0) is 44.1 Å². The minimum absolute atomic E-state index is 0. The minimum Gasteiger partial charge on any atom is -0.481 e. The molecule has 1 aromatic carbocycles. The molecule has 158 valence electrons. The smallest absolute Gasteiger partial charge is 0.305 e. The molecule has 0 aromatic heterocycles. The van der Waals surface area contributed by atoms with Crippen molar-refractivity contribution >= 4 is 42.4 Å². The van der Waals surface area contributed by atoms with Crippen LogP contribution in [0.3, 0.4) is 0 Å². The number of amides is 1. The molecule has 9 heteroatoms. The van der Waals surface area contributed by atoms with E-state index >= 15 is 0 Å². The minimum atomic E-state index is -0.837. The highest BCUT2D eigenvalue weighted by Gasteiger charge is 2.27. The van der Waals surface area contributed by atoms with Gasteiger partial charge >= 0.3 is 5.97 Å². The highest BCUT2D eigenvalue weighted by atomic mass is 35.5. The Morgan fingerprint density at radius 3 is 2.43 bits per heavy atom. The van der Waals surface area contributed by atoms with E-state index in [1.54, 1.807) is 0 Å². The lowest BCUT2D eigenvalue weighted by atomic mass is 10.0. The topological polar surface area (TPSA) is 84.9 Å². The molecule has 28 heavy (non-hydrogen) atoms. The van der Waals surface area contributed by atoms with Crippen LogP contribution in [0.4, 0.5) is 5.69 Å². The van der Waals surface area contributed by atoms with Crippen molar-refractivity contribution in [2.75, 3.05) is 51.1 Å². The molecule has 0 radical (unpaired) electrons. The van der Waals surface area contributed by atoms with Gasteiger partial charge in [-0.3, -0.25) is 14.5 Å². The van der Waals surface area contributed by atoms with Crippen molar-refractivity contribution in [1.29, 1.82) is 0 Å². The first-order chi connectivity index (χ1) is 12.6. The molecule has 0 spiro atoms. The SMILES string of the molecule is Cl.Cl.O=C(O)CCNc1cccc(C(=O)N2CCN(C3CCNCC3)CC2)c1. The van der Waals surface area contributed by atoms with Gasteiger partial charge in [0.15, 0.2) is 0 Å². The van der Waals surface area contributed by atoms with Gasteiger partial charge in [0.1, 0.15) is 0 Å². The van der Waals surface area contributed by atoms with E-state index in [0.717, 1.165) is 45.0 Å². The maximum Gasteiger partial charge on any atom is 0.305 e. The number of hydrogen-bond donors (Lipinski definition) is 3. The summed E-state index contributed by atoms with van der Waals surface area (Å²) in [5.74, 6) is -0.784. The van der Waals surface area contributed by atoms with Crippen LogP contribution in [0.2, 0.25) is 0 Å². The molecule has 0 saturated carbocycles. The predicted molar refractivity (Wildman–Crippen MR) is 115 cm³/mol. The summed E-state index contributed by atoms with van der Waals surface area (Å²) in [5, 5.41) is 15.2. The number of nitrogens with one attached hydrogen (secondary N) is 2. The Balaban J connectivity index is 0.00000196. The number of carboxylic acid groups (broad SMARTS) is 1. The standard InChI is InChI=1S/C19H28N4O3.2ClH/c24-18(25)6-9-21-16-3-1-2-15(14-16)19(26)23-12-10-22(11-13-23)17-4-7-20-8-5-17;;/h1-3,14,17,20-21H,4-13H2,(H,24,25);2*1H. The number of anilines is 1. The molecule has 2 fully saturated rings. The fourth-order valence-corrected chi connectivity index (χ4v) is 3.72. The fourth-order valence-electron chi connectivity index (χ4n) is 3.72. The zero-order valence-electron chi connectivity index (χ0n) is 15.9. The van der Waals surface area contributed by atoms with Crippen LogP contribution in [0.5, 0.6) is 0 Å². The van der Waals surface area contributed by atoms with E-state index in [4.69, 9.17) is 5.11 Å². The normalized spacial score (nSPS) is 17.9. The van der Waals surface area contributed by atoms with Crippen molar-refractivity contribution in [3.8, 4) is 0 Å². The van der Waals surface area contributed by atoms with Crippen molar-refractivity contribution < 1.29 is 14.7 Å². The van der Waals surface area contributed by atoms with E-state index in [9.17, 15) is 9.59 Å². The van der Waals surface area contributed by atoms with Gasteiger partial charge in [-0.15, -0.1) is 24.8 Å². The number of rotatable bonds is 6. The highest BCUT2D eigenvalue weighted by molar-refractivity contribution is 5.95. The summed E-state index contributed by atoms with van der Waals surface area (Å²) in [7, 11) is 0. The number of nitrogens with zero attached hydrogens (tertiary/aromatic N) is 2. The largest absolute Gasteiger partial charge is 0.481 e. The van der Waals surface area contributed by atoms with Crippen LogP contribution < -0.4 is 10.6 Å². The summed E-state index contributed by atoms with van der Waals surface area (Å²) < 4.78 is 0. The van der Waals surface area contributed by atoms with Crippen molar-refractivity contribution in [2.45, 2.75) is 25.3 Å². The molecule has 1 aromatic rings. The summed E-state index contributed by atoms with van der Waals surface area (Å²) >= 11 is 0. The van der Waals surface area contributed by atoms with Crippen molar-refractivity contribution in [1.82, 2.24) is 15.1 Å². The number of benzene rings is 1. The summed E-state index contributed by atoms with van der Waals surface area (Å²) in [6.45, 7) is 5.93. The highest BCUT2D eigenvalue weighted by Crippen LogP contribution is 2.17. The second kappa shape index (κ2) is 12.1. The van der Waals surface area contributed by atoms with Gasteiger partial charge in [-0.1, -0.05) is 6.07 Å². The van der Waals surface area contributed by atoms with Gasteiger partial charge in [-0.25, -0.2) is 0 Å². The van der Waals surface area contributed by atoms with Crippen LogP contribution in [-0.4, -0.2) is 78.6 Å². The van der Waals surface area contributed by atoms with E-state index in [1.807, 2.05) is 29.2 Å². The molecular weight excluding hydrogens is 403 g/mol. The Hall–Kier alpha value is -1.54. The zero-order valence-corrected chi connectivity index (χ0v) is 17.6. The molecule has 3 rings (SSSR count). The third-order valence-corrected chi connectivity index (χ3v) is 5.20. The van der Waals surface area contributed by atoms with Crippen LogP contribution in [0, 0.1) is 0 Å². The Bertz CT molecular complexity index is 633. The van der Waals surface area contributed by atoms with Crippen LogP contribution in [-0.2, 0) is 4.79 Å². The van der Waals surface area contributed by atoms with E-state index in [0.29, 0.717) is 18.2 Å². The molecule has 0 unspecified atom stereocenters. The quantitative estimate of drug-likeness (QED) is 0.636. The van der Waals surface area contributed by atoms with E-state index in [2.05, 4.69) is 15.5 Å². The van der Waals surface area contributed by atoms with Gasteiger partial charge in [0.2, 0.25) is 0 Å². The number of hydrogen-bond acceptors (Lipinski definition) is 5. The van der Waals surface area contributed by atoms with Crippen LogP contribution in [0.1, 0.15) is 29.6 Å². The molecule has 2 aliphatic heterocycles. The summed E-state index contributed by atoms with van der Waals surface area (Å²) in [6.07, 6.45) is 2.44. The van der Waals surface area contributed by atoms with Crippen molar-refractivity contribution in [2.24, 2.45) is 0 Å². The Kier molecular flexibility index (Phi) is 10.6. The van der Waals surface area contributed by atoms with Crippen molar-refractivity contribution in [3.63, 3.8) is 0 Å². The van der Waals surface area contributed by atoms with E-state index < -0.39 is 5.97 Å². The summed E-state index contributed by atoms with van der Waals surface area (Å²) in [5.41, 5.74) is 1.44. The second-order valence-electron chi connectivity index (χ2n) is 6.96. The van der Waals surface area contributed by atoms with Crippen molar-refractivity contribution in [3.05, 3.63) is 29.8 Å². The van der Waals surface area contributed by atoms with Gasteiger partial charge in [-0.2, -0.15) is 0 Å². The third-order valence-electron chi connectivity index (χ3n) is 5.20. The van der Waals surface area contributed by atoms with Crippen LogP contribution in [0.15, 0.2) is 24.3 Å². The number of carbonyl (C=O) groups excluding carboxylic acids is 1. The number of piperidine rings is 1. The monoisotopic (exact) mass is 432 g/mol. The average Bonchev–Trinajstić information content (AvgIpc) is 2.68. The maximum absolute atomic E-state index is 12.8. The molecule has 2 heterocycles. The van der Waals surface area contributed by atoms with Crippen LogP contribution >= 0.6 is 24.8 Å². The first-order valence-corrected chi connectivity index (χ1v) is 9.43. The van der Waals surface area contributed by atoms with Crippen LogP contribution in [0.25, 0.3) is 0 Å². The Labute approximate surface area is 178 Å². The molecule has 0 bridgehead atoms. The van der Waals surface area contributed by atoms with E-state index in [1.165, 1.54) is 12.8 Å². The second-order valence-corrected chi connectivity index (χ2v) is 6.96. The van der Waals surface area contributed by atoms with E-state index in [-0.39, 0.29) is 37.1 Å². The first kappa shape index (κ1) is 24.5. The molecule has 3 N–H and O–H groups in total. The fraction of sp³-hybridized carbons (Fsp3) is 0.579. The molecule has 1 amide bonds. The number of carbonyl (C=O) groups is 2. The molecule has 0 aliphatic carbocycles. The first-order valence-electron chi connectivity index (χ1n) is 9.43. The molecule has 2 aliphatic rings. The van der Waals surface area contributed by atoms with Gasteiger partial charge in [0.25, 0.3) is 5.91 Å². The molecule has 2 saturated heterocycles. The number of carboxylic acids is 1. The summed E-state index contributed by atoms with van der Waals surface area (Å²) in [4.78, 5) is 27.8. The summed E-state index contributed by atoms with van der Waals surface area (Å²) in [6, 6.07) is 7.97. The molecule has 0 atom stereocenters. The lowest BCUT2D eigenvalue weighted by Crippen LogP contribution is -2.53. The Morgan fingerprint density at radius 1 is 1.11 bits per heavy atom. The number of piperazine rings is 1. The van der Waals surface area contributed by atoms with Gasteiger partial charge < -0.3 is 20.6 Å². The lowest BCUT2D eigenvalue weighted by molar-refractivity contribution is -0.136. The predicted octanol–water partition coefficient (Wildman–Crippen LogP) is 1.93. The zero-order chi connectivity index (χ0) is 18.4. The Morgan fingerprint density at radius 2 is 1.79 bits per heavy atom. The number of halogens is 2. The third kappa shape index (κ3) is 6.81. The van der Waals surface area contributed by atoms with Gasteiger partial charge in [0, 0.05) is 50.0 Å². The average molecular weight is 433 g/mol. The maximum atomic E-state index is 12.8. The van der Waals surface area contributed by atoms with Gasteiger partial charge in [0.05, 0.1) is 6.42 Å². The molecular formula is C19H30Cl2N4O3. The lowest BCUT2D eigenvalue weighted by Gasteiger charge is -2.40.